The molecule has 1 atom stereocenters. The van der Waals surface area contributed by atoms with Crippen molar-refractivity contribution < 1.29 is 0 Å². The number of para-hydroxylation sites is 1. The van der Waals surface area contributed by atoms with Crippen LogP contribution >= 0.6 is 0 Å². The van der Waals surface area contributed by atoms with E-state index in [2.05, 4.69) is 37.1 Å². The Morgan fingerprint density at radius 3 is 2.68 bits per heavy atom. The van der Waals surface area contributed by atoms with Crippen molar-refractivity contribution in [2.75, 3.05) is 5.32 Å². The van der Waals surface area contributed by atoms with Crippen LogP contribution in [0.25, 0.3) is 10.9 Å². The first-order chi connectivity index (χ1) is 9.10. The molecule has 0 spiro atoms. The third-order valence-electron chi connectivity index (χ3n) is 3.05. The van der Waals surface area contributed by atoms with Crippen LogP contribution in [-0.2, 0) is 0 Å². The Morgan fingerprint density at radius 2 is 2.00 bits per heavy atom. The third kappa shape index (κ3) is 3.23. The lowest BCUT2D eigenvalue weighted by molar-refractivity contribution is 0.539. The van der Waals surface area contributed by atoms with Gasteiger partial charge in [-0.3, -0.25) is 0 Å². The number of nitrogens with zero attached hydrogens (tertiary/aromatic N) is 2. The Labute approximate surface area is 114 Å². The Morgan fingerprint density at radius 1 is 1.26 bits per heavy atom. The molecule has 1 aromatic carbocycles. The topological polar surface area (TPSA) is 48.7 Å². The molecular weight excluding hydrogens is 234 g/mol. The monoisotopic (exact) mass is 253 g/mol. The van der Waals surface area contributed by atoms with Crippen LogP contribution in [0.5, 0.6) is 0 Å². The third-order valence-corrected chi connectivity index (χ3v) is 3.05. The Hall–Kier alpha value is -2.08. The van der Waals surface area contributed by atoms with Gasteiger partial charge in [0.05, 0.1) is 11.1 Å². The lowest BCUT2D eigenvalue weighted by Gasteiger charge is -2.17. The summed E-state index contributed by atoms with van der Waals surface area (Å²) in [7, 11) is 0. The van der Waals surface area contributed by atoms with Gasteiger partial charge in [0.1, 0.15) is 11.9 Å². The lowest BCUT2D eigenvalue weighted by atomic mass is 10.0. The van der Waals surface area contributed by atoms with Crippen LogP contribution in [0, 0.1) is 17.2 Å². The second-order valence-corrected chi connectivity index (χ2v) is 5.36. The summed E-state index contributed by atoms with van der Waals surface area (Å²) in [5.41, 5.74) is 1.52. The van der Waals surface area contributed by atoms with Crippen molar-refractivity contribution in [2.45, 2.75) is 33.2 Å². The number of hydrogen-bond acceptors (Lipinski definition) is 3. The van der Waals surface area contributed by atoms with E-state index in [4.69, 9.17) is 0 Å². The highest BCUT2D eigenvalue weighted by molar-refractivity contribution is 5.82. The molecule has 0 radical (unpaired) electrons. The molecule has 0 bridgehead atoms. The molecule has 3 nitrogen and oxygen atoms in total. The van der Waals surface area contributed by atoms with Crippen LogP contribution in [0.1, 0.15) is 32.8 Å². The zero-order chi connectivity index (χ0) is 13.8. The average molecular weight is 253 g/mol. The van der Waals surface area contributed by atoms with E-state index in [9.17, 15) is 5.26 Å². The minimum atomic E-state index is 0.306. The number of hydrogen-bond donors (Lipinski definition) is 1. The van der Waals surface area contributed by atoms with Gasteiger partial charge >= 0.3 is 0 Å². The van der Waals surface area contributed by atoms with E-state index in [1.165, 1.54) is 0 Å². The Kier molecular flexibility index (Phi) is 4.01. The molecule has 0 fully saturated rings. The van der Waals surface area contributed by atoms with E-state index < -0.39 is 0 Å². The van der Waals surface area contributed by atoms with Gasteiger partial charge in [-0.1, -0.05) is 32.0 Å². The second-order valence-electron chi connectivity index (χ2n) is 5.36. The maximum absolute atomic E-state index is 9.24. The molecule has 2 aromatic rings. The van der Waals surface area contributed by atoms with Crippen molar-refractivity contribution in [3.63, 3.8) is 0 Å². The molecule has 0 saturated heterocycles. The van der Waals surface area contributed by atoms with Crippen LogP contribution < -0.4 is 5.32 Å². The number of nitrogens with one attached hydrogen (secondary N) is 1. The van der Waals surface area contributed by atoms with Gasteiger partial charge in [0.25, 0.3) is 0 Å². The van der Waals surface area contributed by atoms with Gasteiger partial charge in [-0.2, -0.15) is 5.26 Å². The van der Waals surface area contributed by atoms with Crippen molar-refractivity contribution in [3.8, 4) is 6.07 Å². The molecule has 2 rings (SSSR count). The fourth-order valence-electron chi connectivity index (χ4n) is 2.31. The molecule has 1 aromatic heterocycles. The summed E-state index contributed by atoms with van der Waals surface area (Å²) in [6.07, 6.45) is 1.05. The number of pyridine rings is 1. The second kappa shape index (κ2) is 5.71. The first kappa shape index (κ1) is 13.4. The van der Waals surface area contributed by atoms with E-state index in [1.54, 1.807) is 0 Å². The Bertz CT molecular complexity index is 611. The highest BCUT2D eigenvalue weighted by atomic mass is 15.0. The lowest BCUT2D eigenvalue weighted by Crippen LogP contribution is -2.19. The van der Waals surface area contributed by atoms with Crippen molar-refractivity contribution in [2.24, 2.45) is 5.92 Å². The molecule has 0 amide bonds. The first-order valence-corrected chi connectivity index (χ1v) is 6.66. The molecule has 0 saturated carbocycles. The summed E-state index contributed by atoms with van der Waals surface area (Å²) in [6.45, 7) is 6.51. The standard InChI is InChI=1S/C16H19N3/c1-11(2)8-12(3)18-16-14(10-17)9-13-6-4-5-7-15(13)19-16/h4-7,9,11-12H,8H2,1-3H3,(H,18,19). The molecular formula is C16H19N3. The van der Waals surface area contributed by atoms with Crippen LogP contribution in [-0.4, -0.2) is 11.0 Å². The number of fused-ring (bicyclic) bond motifs is 1. The number of anilines is 1. The zero-order valence-corrected chi connectivity index (χ0v) is 11.6. The number of nitriles is 1. The van der Waals surface area contributed by atoms with Gasteiger partial charge in [-0.05, 0) is 31.4 Å². The molecule has 0 aliphatic carbocycles. The largest absolute Gasteiger partial charge is 0.366 e. The maximum Gasteiger partial charge on any atom is 0.144 e. The summed E-state index contributed by atoms with van der Waals surface area (Å²) in [5, 5.41) is 13.6. The molecule has 1 unspecified atom stereocenters. The van der Waals surface area contributed by atoms with Crippen molar-refractivity contribution in [3.05, 3.63) is 35.9 Å². The molecule has 0 aliphatic heterocycles. The molecule has 98 valence electrons. The summed E-state index contributed by atoms with van der Waals surface area (Å²) in [5.74, 6) is 1.31. The zero-order valence-electron chi connectivity index (χ0n) is 11.6. The van der Waals surface area contributed by atoms with Gasteiger partial charge in [0, 0.05) is 11.4 Å². The van der Waals surface area contributed by atoms with E-state index in [0.29, 0.717) is 23.3 Å². The van der Waals surface area contributed by atoms with Crippen LogP contribution in [0.3, 0.4) is 0 Å². The fraction of sp³-hybridized carbons (Fsp3) is 0.375. The van der Waals surface area contributed by atoms with Gasteiger partial charge in [0.15, 0.2) is 0 Å². The fourth-order valence-corrected chi connectivity index (χ4v) is 2.31. The quantitative estimate of drug-likeness (QED) is 0.897. The average Bonchev–Trinajstić information content (AvgIpc) is 2.36. The van der Waals surface area contributed by atoms with Crippen LogP contribution in [0.2, 0.25) is 0 Å². The molecule has 1 N–H and O–H groups in total. The summed E-state index contributed by atoms with van der Waals surface area (Å²) in [4.78, 5) is 4.56. The van der Waals surface area contributed by atoms with Gasteiger partial charge in [0.2, 0.25) is 0 Å². The molecule has 19 heavy (non-hydrogen) atoms. The highest BCUT2D eigenvalue weighted by Crippen LogP contribution is 2.21. The predicted octanol–water partition coefficient (Wildman–Crippen LogP) is 3.95. The number of rotatable bonds is 4. The molecule has 1 heterocycles. The number of aromatic nitrogens is 1. The van der Waals surface area contributed by atoms with Gasteiger partial charge < -0.3 is 5.32 Å². The normalized spacial score (nSPS) is 12.4. The van der Waals surface area contributed by atoms with Crippen LogP contribution in [0.15, 0.2) is 30.3 Å². The summed E-state index contributed by atoms with van der Waals surface area (Å²) in [6, 6.07) is 12.3. The van der Waals surface area contributed by atoms with E-state index in [0.717, 1.165) is 17.3 Å². The first-order valence-electron chi connectivity index (χ1n) is 6.66. The maximum atomic E-state index is 9.24. The van der Waals surface area contributed by atoms with Crippen molar-refractivity contribution in [1.82, 2.24) is 4.98 Å². The SMILES string of the molecule is CC(C)CC(C)Nc1nc2ccccc2cc1C#N. The number of benzene rings is 1. The van der Waals surface area contributed by atoms with E-state index in [1.807, 2.05) is 30.3 Å². The Balaban J connectivity index is 2.34. The highest BCUT2D eigenvalue weighted by Gasteiger charge is 2.10. The minimum Gasteiger partial charge on any atom is -0.366 e. The molecule has 3 heteroatoms. The van der Waals surface area contributed by atoms with E-state index in [-0.39, 0.29) is 0 Å². The van der Waals surface area contributed by atoms with Gasteiger partial charge in [-0.15, -0.1) is 0 Å². The minimum absolute atomic E-state index is 0.306. The van der Waals surface area contributed by atoms with Crippen molar-refractivity contribution >= 4 is 16.7 Å². The smallest absolute Gasteiger partial charge is 0.144 e. The van der Waals surface area contributed by atoms with Gasteiger partial charge in [-0.25, -0.2) is 4.98 Å². The summed E-state index contributed by atoms with van der Waals surface area (Å²) < 4.78 is 0. The predicted molar refractivity (Wildman–Crippen MR) is 79.0 cm³/mol. The van der Waals surface area contributed by atoms with Crippen LogP contribution in [0.4, 0.5) is 5.82 Å². The summed E-state index contributed by atoms with van der Waals surface area (Å²) >= 11 is 0. The van der Waals surface area contributed by atoms with E-state index >= 15 is 0 Å². The van der Waals surface area contributed by atoms with Crippen molar-refractivity contribution in [1.29, 1.82) is 5.26 Å². The molecule has 0 aliphatic rings.